The van der Waals surface area contributed by atoms with Gasteiger partial charge in [-0.25, -0.2) is 13.2 Å². The molecule has 16 heavy (non-hydrogen) atoms. The van der Waals surface area contributed by atoms with Crippen LogP contribution in [0.15, 0.2) is 30.3 Å². The largest absolute Gasteiger partial charge is 0.290 e. The highest BCUT2D eigenvalue weighted by molar-refractivity contribution is 6.43. The van der Waals surface area contributed by atoms with Crippen molar-refractivity contribution in [3.05, 3.63) is 35.9 Å². The van der Waals surface area contributed by atoms with Gasteiger partial charge in [0.2, 0.25) is 11.6 Å². The quantitative estimate of drug-likeness (QED) is 0.575. The van der Waals surface area contributed by atoms with E-state index in [0.29, 0.717) is 0 Å². The molecule has 0 aliphatic carbocycles. The fraction of sp³-hybridized carbons (Fsp3) is 0.273. The Bertz CT molecular complexity index is 376. The Hall–Kier alpha value is -1.65. The van der Waals surface area contributed by atoms with Crippen LogP contribution in [0.1, 0.15) is 16.8 Å². The zero-order valence-corrected chi connectivity index (χ0v) is 8.20. The molecule has 0 aromatic heterocycles. The SMILES string of the molecule is O=C(CC(F)C(F)F)C(=O)c1ccccc1. The maximum atomic E-state index is 12.5. The number of carbonyl (C=O) groups is 2. The number of hydrogen-bond donors (Lipinski definition) is 0. The molecule has 1 unspecified atom stereocenters. The van der Waals surface area contributed by atoms with Gasteiger partial charge in [-0.3, -0.25) is 9.59 Å². The van der Waals surface area contributed by atoms with Crippen LogP contribution in [-0.2, 0) is 4.79 Å². The molecule has 86 valence electrons. The Balaban J connectivity index is 2.66. The van der Waals surface area contributed by atoms with Crippen molar-refractivity contribution in [2.24, 2.45) is 0 Å². The summed E-state index contributed by atoms with van der Waals surface area (Å²) in [5.74, 6) is -2.08. The van der Waals surface area contributed by atoms with Gasteiger partial charge in [0.15, 0.2) is 6.17 Å². The van der Waals surface area contributed by atoms with E-state index < -0.39 is 30.6 Å². The average molecular weight is 230 g/mol. The molecule has 1 rings (SSSR count). The summed E-state index contributed by atoms with van der Waals surface area (Å²) in [6, 6.07) is 7.44. The van der Waals surface area contributed by atoms with Crippen LogP contribution in [0.2, 0.25) is 0 Å². The van der Waals surface area contributed by atoms with Crippen molar-refractivity contribution in [2.45, 2.75) is 19.0 Å². The van der Waals surface area contributed by atoms with Crippen molar-refractivity contribution in [2.75, 3.05) is 0 Å². The predicted molar refractivity (Wildman–Crippen MR) is 51.3 cm³/mol. The van der Waals surface area contributed by atoms with E-state index in [9.17, 15) is 22.8 Å². The Morgan fingerprint density at radius 2 is 1.62 bits per heavy atom. The van der Waals surface area contributed by atoms with Gasteiger partial charge in [-0.05, 0) is 0 Å². The van der Waals surface area contributed by atoms with E-state index in [2.05, 4.69) is 0 Å². The number of benzene rings is 1. The molecule has 1 aromatic rings. The van der Waals surface area contributed by atoms with Crippen LogP contribution in [0.4, 0.5) is 13.2 Å². The van der Waals surface area contributed by atoms with Gasteiger partial charge < -0.3 is 0 Å². The first kappa shape index (κ1) is 12.4. The number of Topliss-reactive ketones (excluding diaryl/α,β-unsaturated/α-hetero) is 2. The average Bonchev–Trinajstić information content (AvgIpc) is 2.28. The molecule has 0 N–H and O–H groups in total. The van der Waals surface area contributed by atoms with Crippen LogP contribution >= 0.6 is 0 Å². The van der Waals surface area contributed by atoms with Crippen molar-refractivity contribution in [1.82, 2.24) is 0 Å². The highest BCUT2D eigenvalue weighted by Gasteiger charge is 2.26. The van der Waals surface area contributed by atoms with E-state index in [4.69, 9.17) is 0 Å². The third-order valence-corrected chi connectivity index (χ3v) is 1.94. The molecule has 0 aliphatic heterocycles. The Morgan fingerprint density at radius 1 is 1.06 bits per heavy atom. The van der Waals surface area contributed by atoms with Crippen LogP contribution in [0.5, 0.6) is 0 Å². The summed E-state index contributed by atoms with van der Waals surface area (Å²) in [7, 11) is 0. The summed E-state index contributed by atoms with van der Waals surface area (Å²) < 4.78 is 36.2. The molecule has 0 radical (unpaired) electrons. The summed E-state index contributed by atoms with van der Waals surface area (Å²) >= 11 is 0. The van der Waals surface area contributed by atoms with Crippen LogP contribution < -0.4 is 0 Å². The number of ketones is 2. The van der Waals surface area contributed by atoms with E-state index in [1.807, 2.05) is 0 Å². The summed E-state index contributed by atoms with van der Waals surface area (Å²) in [4.78, 5) is 22.5. The normalized spacial score (nSPS) is 12.5. The highest BCUT2D eigenvalue weighted by atomic mass is 19.3. The van der Waals surface area contributed by atoms with E-state index in [1.54, 1.807) is 6.07 Å². The zero-order chi connectivity index (χ0) is 12.1. The lowest BCUT2D eigenvalue weighted by atomic mass is 10.0. The van der Waals surface area contributed by atoms with E-state index in [1.165, 1.54) is 24.3 Å². The number of carbonyl (C=O) groups excluding carboxylic acids is 2. The van der Waals surface area contributed by atoms with Crippen molar-refractivity contribution < 1.29 is 22.8 Å². The summed E-state index contributed by atoms with van der Waals surface area (Å²) in [6.07, 6.45) is -6.90. The maximum absolute atomic E-state index is 12.5. The molecular weight excluding hydrogens is 221 g/mol. The molecule has 0 heterocycles. The smallest absolute Gasteiger partial charge is 0.269 e. The van der Waals surface area contributed by atoms with Gasteiger partial charge in [-0.2, -0.15) is 0 Å². The Kier molecular flexibility index (Phi) is 4.22. The molecule has 0 aliphatic rings. The van der Waals surface area contributed by atoms with E-state index >= 15 is 0 Å². The van der Waals surface area contributed by atoms with Gasteiger partial charge in [-0.1, -0.05) is 30.3 Å². The topological polar surface area (TPSA) is 34.1 Å². The minimum absolute atomic E-state index is 0.0777. The van der Waals surface area contributed by atoms with Gasteiger partial charge in [0.1, 0.15) is 0 Å². The first-order chi connectivity index (χ1) is 7.52. The summed E-state index contributed by atoms with van der Waals surface area (Å²) in [6.45, 7) is 0. The first-order valence-electron chi connectivity index (χ1n) is 4.57. The van der Waals surface area contributed by atoms with Crippen LogP contribution in [0, 0.1) is 0 Å². The summed E-state index contributed by atoms with van der Waals surface area (Å²) in [5.41, 5.74) is 0.0777. The molecule has 0 bridgehead atoms. The number of rotatable bonds is 5. The third-order valence-electron chi connectivity index (χ3n) is 1.94. The van der Waals surface area contributed by atoms with Crippen molar-refractivity contribution in [1.29, 1.82) is 0 Å². The second-order valence-corrected chi connectivity index (χ2v) is 3.17. The van der Waals surface area contributed by atoms with E-state index in [-0.39, 0.29) is 5.56 Å². The van der Waals surface area contributed by atoms with Gasteiger partial charge in [0, 0.05) is 5.56 Å². The van der Waals surface area contributed by atoms with Crippen molar-refractivity contribution in [3.63, 3.8) is 0 Å². The minimum Gasteiger partial charge on any atom is -0.290 e. The van der Waals surface area contributed by atoms with Crippen molar-refractivity contribution in [3.8, 4) is 0 Å². The molecule has 5 heteroatoms. The van der Waals surface area contributed by atoms with Gasteiger partial charge >= 0.3 is 0 Å². The van der Waals surface area contributed by atoms with Crippen LogP contribution in [0.25, 0.3) is 0 Å². The number of alkyl halides is 3. The molecule has 1 aromatic carbocycles. The molecule has 1 atom stereocenters. The van der Waals surface area contributed by atoms with Crippen LogP contribution in [-0.4, -0.2) is 24.2 Å². The first-order valence-corrected chi connectivity index (χ1v) is 4.57. The fourth-order valence-electron chi connectivity index (χ4n) is 1.11. The van der Waals surface area contributed by atoms with Gasteiger partial charge in [0.05, 0.1) is 6.42 Å². The molecule has 0 spiro atoms. The molecule has 0 saturated carbocycles. The van der Waals surface area contributed by atoms with Crippen molar-refractivity contribution >= 4 is 11.6 Å². The van der Waals surface area contributed by atoms with Gasteiger partial charge in [0.25, 0.3) is 6.43 Å². The fourth-order valence-corrected chi connectivity index (χ4v) is 1.11. The predicted octanol–water partition coefficient (Wildman–Crippen LogP) is 2.43. The lowest BCUT2D eigenvalue weighted by molar-refractivity contribution is -0.117. The number of hydrogen-bond acceptors (Lipinski definition) is 2. The molecule has 0 saturated heterocycles. The highest BCUT2D eigenvalue weighted by Crippen LogP contribution is 2.12. The standard InChI is InChI=1S/C11H9F3O2/c12-8(11(13)14)6-9(15)10(16)7-4-2-1-3-5-7/h1-5,8,11H,6H2. The van der Waals surface area contributed by atoms with Gasteiger partial charge in [-0.15, -0.1) is 0 Å². The Morgan fingerprint density at radius 3 is 2.12 bits per heavy atom. The molecule has 0 fully saturated rings. The van der Waals surface area contributed by atoms with E-state index in [0.717, 1.165) is 0 Å². The maximum Gasteiger partial charge on any atom is 0.269 e. The molecular formula is C11H9F3O2. The lowest BCUT2D eigenvalue weighted by Crippen LogP contribution is -2.23. The molecule has 0 amide bonds. The minimum atomic E-state index is -3.24. The Labute approximate surface area is 90.1 Å². The lowest BCUT2D eigenvalue weighted by Gasteiger charge is -2.05. The molecule has 2 nitrogen and oxygen atoms in total. The second kappa shape index (κ2) is 5.44. The number of halogens is 3. The zero-order valence-electron chi connectivity index (χ0n) is 8.20. The third kappa shape index (κ3) is 3.18. The second-order valence-electron chi connectivity index (χ2n) is 3.17. The summed E-state index contributed by atoms with van der Waals surface area (Å²) in [5, 5.41) is 0. The monoisotopic (exact) mass is 230 g/mol. The van der Waals surface area contributed by atoms with Crippen LogP contribution in [0.3, 0.4) is 0 Å².